The zero-order valence-corrected chi connectivity index (χ0v) is 12.4. The molecule has 2 bridgehead atoms. The van der Waals surface area contributed by atoms with Crippen LogP contribution in [0.1, 0.15) is 45.4 Å². The summed E-state index contributed by atoms with van der Waals surface area (Å²) in [5.41, 5.74) is -0.368. The zero-order valence-electron chi connectivity index (χ0n) is 12.4. The molecule has 0 amide bonds. The van der Waals surface area contributed by atoms with Gasteiger partial charge >= 0.3 is 0 Å². The molecule has 0 aromatic carbocycles. The summed E-state index contributed by atoms with van der Waals surface area (Å²) in [6, 6.07) is 3.08. The molecule has 4 unspecified atom stereocenters. The summed E-state index contributed by atoms with van der Waals surface area (Å²) < 4.78 is 0. The minimum Gasteiger partial charge on any atom is -0.303 e. The van der Waals surface area contributed by atoms with Gasteiger partial charge in [0.1, 0.15) is 5.54 Å². The van der Waals surface area contributed by atoms with Gasteiger partial charge < -0.3 is 4.90 Å². The van der Waals surface area contributed by atoms with Crippen molar-refractivity contribution < 1.29 is 0 Å². The van der Waals surface area contributed by atoms with Crippen LogP contribution < -0.4 is 5.32 Å². The smallest absolute Gasteiger partial charge is 0.116 e. The van der Waals surface area contributed by atoms with E-state index in [2.05, 4.69) is 30.3 Å². The molecular formula is C16H27N3. The van der Waals surface area contributed by atoms with E-state index < -0.39 is 0 Å². The molecule has 0 spiro atoms. The highest BCUT2D eigenvalue weighted by Gasteiger charge is 2.40. The summed E-state index contributed by atoms with van der Waals surface area (Å²) in [6.45, 7) is 4.10. The van der Waals surface area contributed by atoms with Gasteiger partial charge in [-0.3, -0.25) is 5.32 Å². The standard InChI is InChI=1S/C16H27N3/c1-16(10-17,18-15-5-6-15)11-19(2)9-14-8-12-3-4-13(14)7-12/h12-15,18H,3-9,11H2,1-2H3. The Morgan fingerprint density at radius 3 is 2.58 bits per heavy atom. The van der Waals surface area contributed by atoms with E-state index in [0.717, 1.165) is 24.3 Å². The van der Waals surface area contributed by atoms with E-state index in [1.807, 2.05) is 0 Å². The number of rotatable bonds is 6. The third kappa shape index (κ3) is 3.12. The van der Waals surface area contributed by atoms with Crippen molar-refractivity contribution in [1.29, 1.82) is 5.26 Å². The van der Waals surface area contributed by atoms with Crippen LogP contribution in [0.2, 0.25) is 0 Å². The normalized spacial score (nSPS) is 36.4. The van der Waals surface area contributed by atoms with E-state index in [1.54, 1.807) is 0 Å². The molecule has 3 saturated carbocycles. The topological polar surface area (TPSA) is 39.1 Å². The second-order valence-corrected chi connectivity index (χ2v) is 7.49. The van der Waals surface area contributed by atoms with Crippen molar-refractivity contribution in [3.63, 3.8) is 0 Å². The van der Waals surface area contributed by atoms with E-state index in [0.29, 0.717) is 6.04 Å². The summed E-state index contributed by atoms with van der Waals surface area (Å²) in [5.74, 6) is 2.90. The van der Waals surface area contributed by atoms with Crippen LogP contribution in [0.3, 0.4) is 0 Å². The minimum atomic E-state index is -0.368. The lowest BCUT2D eigenvalue weighted by molar-refractivity contribution is 0.190. The first-order chi connectivity index (χ1) is 9.08. The molecule has 1 N–H and O–H groups in total. The number of fused-ring (bicyclic) bond motifs is 2. The predicted molar refractivity (Wildman–Crippen MR) is 76.6 cm³/mol. The van der Waals surface area contributed by atoms with Gasteiger partial charge in [0.05, 0.1) is 6.07 Å². The maximum atomic E-state index is 9.44. The Morgan fingerprint density at radius 2 is 2.05 bits per heavy atom. The number of nitrogens with zero attached hydrogens (tertiary/aromatic N) is 2. The lowest BCUT2D eigenvalue weighted by atomic mass is 9.88. The van der Waals surface area contributed by atoms with Crippen molar-refractivity contribution in [2.45, 2.75) is 57.0 Å². The van der Waals surface area contributed by atoms with Gasteiger partial charge in [-0.1, -0.05) is 6.42 Å². The van der Waals surface area contributed by atoms with Crippen molar-refractivity contribution in [3.8, 4) is 6.07 Å². The Kier molecular flexibility index (Phi) is 3.57. The van der Waals surface area contributed by atoms with Gasteiger partial charge in [-0.15, -0.1) is 0 Å². The zero-order chi connectivity index (χ0) is 13.5. The van der Waals surface area contributed by atoms with Gasteiger partial charge in [-0.05, 0) is 63.8 Å². The van der Waals surface area contributed by atoms with Gasteiger partial charge in [0.2, 0.25) is 0 Å². The van der Waals surface area contributed by atoms with Crippen LogP contribution >= 0.6 is 0 Å². The minimum absolute atomic E-state index is 0.368. The van der Waals surface area contributed by atoms with Crippen molar-refractivity contribution in [3.05, 3.63) is 0 Å². The molecule has 0 heterocycles. The molecule has 0 aromatic rings. The largest absolute Gasteiger partial charge is 0.303 e. The number of nitrogens with one attached hydrogen (secondary N) is 1. The summed E-state index contributed by atoms with van der Waals surface area (Å²) in [4.78, 5) is 2.39. The molecule has 3 nitrogen and oxygen atoms in total. The first kappa shape index (κ1) is 13.4. The van der Waals surface area contributed by atoms with Gasteiger partial charge in [0, 0.05) is 19.1 Å². The van der Waals surface area contributed by atoms with Crippen LogP contribution in [-0.4, -0.2) is 36.6 Å². The molecule has 0 radical (unpaired) electrons. The monoisotopic (exact) mass is 261 g/mol. The van der Waals surface area contributed by atoms with Crippen LogP contribution in [0.25, 0.3) is 0 Å². The van der Waals surface area contributed by atoms with E-state index in [-0.39, 0.29) is 5.54 Å². The lowest BCUT2D eigenvalue weighted by Gasteiger charge is -2.32. The molecule has 3 rings (SSSR count). The van der Waals surface area contributed by atoms with Crippen LogP contribution in [0.5, 0.6) is 0 Å². The Bertz CT molecular complexity index is 371. The summed E-state index contributed by atoms with van der Waals surface area (Å²) in [5, 5.41) is 12.9. The SMILES string of the molecule is CN(CC1CC2CCC1C2)CC(C)(C#N)NC1CC1. The molecular weight excluding hydrogens is 234 g/mol. The Labute approximate surface area is 117 Å². The average molecular weight is 261 g/mol. The highest BCUT2D eigenvalue weighted by Crippen LogP contribution is 2.48. The van der Waals surface area contributed by atoms with Gasteiger partial charge in [0.25, 0.3) is 0 Å². The van der Waals surface area contributed by atoms with Crippen molar-refractivity contribution in [2.24, 2.45) is 17.8 Å². The molecule has 4 atom stereocenters. The van der Waals surface area contributed by atoms with E-state index >= 15 is 0 Å². The lowest BCUT2D eigenvalue weighted by Crippen LogP contribution is -2.51. The quantitative estimate of drug-likeness (QED) is 0.798. The van der Waals surface area contributed by atoms with Gasteiger partial charge in [0.15, 0.2) is 0 Å². The second-order valence-electron chi connectivity index (χ2n) is 7.49. The number of nitriles is 1. The second kappa shape index (κ2) is 5.07. The summed E-state index contributed by atoms with van der Waals surface area (Å²) in [7, 11) is 2.19. The fourth-order valence-corrected chi connectivity index (χ4v) is 4.40. The number of likely N-dealkylation sites (N-methyl/N-ethyl adjacent to an activating group) is 1. The third-order valence-corrected chi connectivity index (χ3v) is 5.36. The van der Waals surface area contributed by atoms with E-state index in [9.17, 15) is 5.26 Å². The fourth-order valence-electron chi connectivity index (χ4n) is 4.40. The van der Waals surface area contributed by atoms with Crippen molar-refractivity contribution >= 4 is 0 Å². The number of hydrogen-bond acceptors (Lipinski definition) is 3. The molecule has 3 aliphatic carbocycles. The Morgan fingerprint density at radius 1 is 1.26 bits per heavy atom. The summed E-state index contributed by atoms with van der Waals surface area (Å²) >= 11 is 0. The fraction of sp³-hybridized carbons (Fsp3) is 0.938. The molecule has 106 valence electrons. The molecule has 0 aromatic heterocycles. The van der Waals surface area contributed by atoms with Crippen LogP contribution in [0.4, 0.5) is 0 Å². The molecule has 3 heteroatoms. The molecule has 0 saturated heterocycles. The van der Waals surface area contributed by atoms with Crippen LogP contribution in [0, 0.1) is 29.1 Å². The first-order valence-electron chi connectivity index (χ1n) is 7.95. The molecule has 3 fully saturated rings. The van der Waals surface area contributed by atoms with Gasteiger partial charge in [-0.25, -0.2) is 0 Å². The average Bonchev–Trinajstić information content (AvgIpc) is 2.92. The molecule has 0 aliphatic heterocycles. The Balaban J connectivity index is 1.49. The van der Waals surface area contributed by atoms with E-state index in [4.69, 9.17) is 0 Å². The third-order valence-electron chi connectivity index (χ3n) is 5.36. The van der Waals surface area contributed by atoms with Crippen LogP contribution in [0.15, 0.2) is 0 Å². The van der Waals surface area contributed by atoms with Crippen LogP contribution in [-0.2, 0) is 0 Å². The molecule has 19 heavy (non-hydrogen) atoms. The maximum Gasteiger partial charge on any atom is 0.116 e. The van der Waals surface area contributed by atoms with Gasteiger partial charge in [-0.2, -0.15) is 5.26 Å². The van der Waals surface area contributed by atoms with Crippen molar-refractivity contribution in [1.82, 2.24) is 10.2 Å². The molecule has 3 aliphatic rings. The first-order valence-corrected chi connectivity index (χ1v) is 7.95. The van der Waals surface area contributed by atoms with Crippen molar-refractivity contribution in [2.75, 3.05) is 20.1 Å². The number of hydrogen-bond donors (Lipinski definition) is 1. The predicted octanol–water partition coefficient (Wildman–Crippen LogP) is 2.39. The van der Waals surface area contributed by atoms with E-state index in [1.165, 1.54) is 45.1 Å². The maximum absolute atomic E-state index is 9.44. The Hall–Kier alpha value is -0.590. The summed E-state index contributed by atoms with van der Waals surface area (Å²) in [6.07, 6.45) is 8.34. The highest BCUT2D eigenvalue weighted by atomic mass is 15.2. The highest BCUT2D eigenvalue weighted by molar-refractivity contribution is 5.09.